The Balaban J connectivity index is 1.96. The number of nitriles is 1. The third-order valence-corrected chi connectivity index (χ3v) is 3.50. The summed E-state index contributed by atoms with van der Waals surface area (Å²) in [5.74, 6) is 0.633. The van der Waals surface area contributed by atoms with Crippen LogP contribution in [0.4, 0.5) is 13.2 Å². The summed E-state index contributed by atoms with van der Waals surface area (Å²) < 4.78 is 40.3. The lowest BCUT2D eigenvalue weighted by Gasteiger charge is -2.09. The molecular formula is C15H12F3N3. The van der Waals surface area contributed by atoms with E-state index in [2.05, 4.69) is 5.10 Å². The van der Waals surface area contributed by atoms with Gasteiger partial charge in [-0.05, 0) is 42.5 Å². The standard InChI is InChI=1S/C15H12F3N3/c16-15(17,18)14-4-11(6-19)3-12(5-14)13-7-20-21(9-13)8-10-1-2-10/h3-5,7,9-10H,1-2,8H2. The van der Waals surface area contributed by atoms with E-state index in [0.717, 1.165) is 18.7 Å². The first-order valence-electron chi connectivity index (χ1n) is 6.61. The number of hydrogen-bond donors (Lipinski definition) is 0. The van der Waals surface area contributed by atoms with Gasteiger partial charge in [-0.25, -0.2) is 0 Å². The molecule has 1 saturated carbocycles. The molecule has 108 valence electrons. The molecule has 0 bridgehead atoms. The molecule has 21 heavy (non-hydrogen) atoms. The van der Waals surface area contributed by atoms with Crippen LogP contribution < -0.4 is 0 Å². The molecule has 0 unspecified atom stereocenters. The fraction of sp³-hybridized carbons (Fsp3) is 0.333. The van der Waals surface area contributed by atoms with Crippen molar-refractivity contribution < 1.29 is 13.2 Å². The molecular weight excluding hydrogens is 279 g/mol. The average Bonchev–Trinajstić information content (AvgIpc) is 3.12. The van der Waals surface area contributed by atoms with Gasteiger partial charge in [-0.1, -0.05) is 0 Å². The monoisotopic (exact) mass is 291 g/mol. The van der Waals surface area contributed by atoms with Gasteiger partial charge in [0.15, 0.2) is 0 Å². The fourth-order valence-corrected chi connectivity index (χ4v) is 2.20. The molecule has 3 rings (SSSR count). The quantitative estimate of drug-likeness (QED) is 0.862. The van der Waals surface area contributed by atoms with E-state index < -0.39 is 11.7 Å². The topological polar surface area (TPSA) is 41.6 Å². The Morgan fingerprint density at radius 3 is 2.62 bits per heavy atom. The van der Waals surface area contributed by atoms with Crippen LogP contribution in [0.1, 0.15) is 24.0 Å². The average molecular weight is 291 g/mol. The van der Waals surface area contributed by atoms with Crippen LogP contribution in [0.3, 0.4) is 0 Å². The number of benzene rings is 1. The second-order valence-electron chi connectivity index (χ2n) is 5.30. The number of nitrogens with zero attached hydrogens (tertiary/aromatic N) is 3. The maximum Gasteiger partial charge on any atom is 0.416 e. The van der Waals surface area contributed by atoms with E-state index in [1.54, 1.807) is 23.1 Å². The molecule has 1 heterocycles. The van der Waals surface area contributed by atoms with Gasteiger partial charge in [-0.3, -0.25) is 4.68 Å². The largest absolute Gasteiger partial charge is 0.416 e. The highest BCUT2D eigenvalue weighted by Crippen LogP contribution is 2.34. The first kappa shape index (κ1) is 13.7. The molecule has 1 aromatic heterocycles. The molecule has 0 N–H and O–H groups in total. The minimum atomic E-state index is -4.47. The van der Waals surface area contributed by atoms with Gasteiger partial charge in [-0.15, -0.1) is 0 Å². The number of alkyl halides is 3. The summed E-state index contributed by atoms with van der Waals surface area (Å²) in [6.45, 7) is 0.796. The van der Waals surface area contributed by atoms with E-state index in [0.29, 0.717) is 17.0 Å². The van der Waals surface area contributed by atoms with Crippen LogP contribution in [0.5, 0.6) is 0 Å². The summed E-state index contributed by atoms with van der Waals surface area (Å²) in [5, 5.41) is 13.1. The smallest absolute Gasteiger partial charge is 0.272 e. The normalized spacial score (nSPS) is 15.0. The fourth-order valence-electron chi connectivity index (χ4n) is 2.20. The van der Waals surface area contributed by atoms with Crippen molar-refractivity contribution >= 4 is 0 Å². The number of aromatic nitrogens is 2. The summed E-state index contributed by atoms with van der Waals surface area (Å²) >= 11 is 0. The van der Waals surface area contributed by atoms with Crippen LogP contribution in [0.2, 0.25) is 0 Å². The third-order valence-electron chi connectivity index (χ3n) is 3.50. The van der Waals surface area contributed by atoms with Gasteiger partial charge >= 0.3 is 6.18 Å². The first-order valence-corrected chi connectivity index (χ1v) is 6.61. The van der Waals surface area contributed by atoms with E-state index in [1.807, 2.05) is 0 Å². The lowest BCUT2D eigenvalue weighted by atomic mass is 10.0. The predicted octanol–water partition coefficient (Wildman–Crippen LogP) is 3.85. The molecule has 1 aromatic carbocycles. The summed E-state index contributed by atoms with van der Waals surface area (Å²) in [7, 11) is 0. The summed E-state index contributed by atoms with van der Waals surface area (Å²) in [6, 6.07) is 5.14. The lowest BCUT2D eigenvalue weighted by Crippen LogP contribution is -2.05. The Bertz CT molecular complexity index is 706. The summed E-state index contributed by atoms with van der Waals surface area (Å²) in [5.41, 5.74) is 0.142. The van der Waals surface area contributed by atoms with Crippen LogP contribution >= 0.6 is 0 Å². The molecule has 0 amide bonds. The molecule has 0 atom stereocenters. The van der Waals surface area contributed by atoms with E-state index in [4.69, 9.17) is 5.26 Å². The van der Waals surface area contributed by atoms with Crippen molar-refractivity contribution in [1.29, 1.82) is 5.26 Å². The van der Waals surface area contributed by atoms with Gasteiger partial charge in [0.2, 0.25) is 0 Å². The van der Waals surface area contributed by atoms with E-state index >= 15 is 0 Å². The van der Waals surface area contributed by atoms with E-state index in [-0.39, 0.29) is 5.56 Å². The molecule has 0 aliphatic heterocycles. The molecule has 0 radical (unpaired) electrons. The van der Waals surface area contributed by atoms with Crippen molar-refractivity contribution in [2.75, 3.05) is 0 Å². The molecule has 6 heteroatoms. The number of halogens is 3. The van der Waals surface area contributed by atoms with Crippen LogP contribution in [-0.4, -0.2) is 9.78 Å². The van der Waals surface area contributed by atoms with Gasteiger partial charge in [-0.2, -0.15) is 23.5 Å². The highest BCUT2D eigenvalue weighted by atomic mass is 19.4. The summed E-state index contributed by atoms with van der Waals surface area (Å²) in [6.07, 6.45) is 1.16. The Morgan fingerprint density at radius 2 is 2.00 bits per heavy atom. The number of rotatable bonds is 3. The maximum absolute atomic E-state index is 12.9. The van der Waals surface area contributed by atoms with Crippen LogP contribution in [-0.2, 0) is 12.7 Å². The van der Waals surface area contributed by atoms with Crippen LogP contribution in [0.25, 0.3) is 11.1 Å². The maximum atomic E-state index is 12.9. The second-order valence-corrected chi connectivity index (χ2v) is 5.30. The van der Waals surface area contributed by atoms with Crippen molar-refractivity contribution in [2.45, 2.75) is 25.6 Å². The minimum absolute atomic E-state index is 0.00484. The van der Waals surface area contributed by atoms with Crippen molar-refractivity contribution in [2.24, 2.45) is 5.92 Å². The molecule has 1 aliphatic rings. The van der Waals surface area contributed by atoms with Crippen molar-refractivity contribution in [3.8, 4) is 17.2 Å². The Morgan fingerprint density at radius 1 is 1.24 bits per heavy atom. The molecule has 1 fully saturated rings. The highest BCUT2D eigenvalue weighted by Gasteiger charge is 2.31. The highest BCUT2D eigenvalue weighted by molar-refractivity contribution is 5.65. The number of hydrogen-bond acceptors (Lipinski definition) is 2. The predicted molar refractivity (Wildman–Crippen MR) is 70.1 cm³/mol. The van der Waals surface area contributed by atoms with Gasteiger partial charge < -0.3 is 0 Å². The third kappa shape index (κ3) is 3.07. The molecule has 0 spiro atoms. The summed E-state index contributed by atoms with van der Waals surface area (Å²) in [4.78, 5) is 0. The Kier molecular flexibility index (Phi) is 3.20. The van der Waals surface area contributed by atoms with Gasteiger partial charge in [0.05, 0.1) is 23.4 Å². The molecule has 1 aliphatic carbocycles. The Hall–Kier alpha value is -2.29. The second kappa shape index (κ2) is 4.92. The van der Waals surface area contributed by atoms with Crippen LogP contribution in [0, 0.1) is 17.2 Å². The van der Waals surface area contributed by atoms with Crippen molar-refractivity contribution in [1.82, 2.24) is 9.78 Å². The molecule has 3 nitrogen and oxygen atoms in total. The van der Waals surface area contributed by atoms with E-state index in [1.165, 1.54) is 18.9 Å². The SMILES string of the molecule is N#Cc1cc(-c2cnn(CC3CC3)c2)cc(C(F)(F)F)c1. The molecule has 2 aromatic rings. The Labute approximate surface area is 119 Å². The van der Waals surface area contributed by atoms with Gasteiger partial charge in [0.25, 0.3) is 0 Å². The van der Waals surface area contributed by atoms with Crippen molar-refractivity contribution in [3.63, 3.8) is 0 Å². The van der Waals surface area contributed by atoms with Gasteiger partial charge in [0.1, 0.15) is 0 Å². The zero-order valence-electron chi connectivity index (χ0n) is 11.1. The van der Waals surface area contributed by atoms with E-state index in [9.17, 15) is 13.2 Å². The zero-order valence-corrected chi connectivity index (χ0v) is 11.1. The molecule has 0 saturated heterocycles. The zero-order chi connectivity index (χ0) is 15.0. The minimum Gasteiger partial charge on any atom is -0.272 e. The lowest BCUT2D eigenvalue weighted by molar-refractivity contribution is -0.137. The van der Waals surface area contributed by atoms with Crippen LogP contribution in [0.15, 0.2) is 30.6 Å². The van der Waals surface area contributed by atoms with Crippen molar-refractivity contribution in [3.05, 3.63) is 41.7 Å². The van der Waals surface area contributed by atoms with Gasteiger partial charge in [0, 0.05) is 18.3 Å². The first-order chi connectivity index (χ1) is 9.95.